The predicted molar refractivity (Wildman–Crippen MR) is 87.3 cm³/mol. The number of alkyl halides is 3. The van der Waals surface area contributed by atoms with Crippen LogP contribution in [0, 0.1) is 6.92 Å². The van der Waals surface area contributed by atoms with E-state index in [1.165, 1.54) is 6.08 Å². The summed E-state index contributed by atoms with van der Waals surface area (Å²) in [4.78, 5) is 0. The normalized spacial score (nSPS) is 20.5. The van der Waals surface area contributed by atoms with Gasteiger partial charge in [0.2, 0.25) is 0 Å². The molecule has 0 radical (unpaired) electrons. The molecule has 1 aliphatic heterocycles. The van der Waals surface area contributed by atoms with Crippen LogP contribution < -0.4 is 0 Å². The van der Waals surface area contributed by atoms with Gasteiger partial charge in [0, 0.05) is 0 Å². The summed E-state index contributed by atoms with van der Waals surface area (Å²) < 4.78 is 50.5. The average Bonchev–Trinajstić information content (AvgIpc) is 2.63. The van der Waals surface area contributed by atoms with Crippen molar-refractivity contribution in [3.63, 3.8) is 0 Å². The first-order chi connectivity index (χ1) is 10.9. The van der Waals surface area contributed by atoms with Crippen LogP contribution in [0.2, 0.25) is 0 Å². The summed E-state index contributed by atoms with van der Waals surface area (Å²) in [5.41, 5.74) is -0.679. The van der Waals surface area contributed by atoms with E-state index in [4.69, 9.17) is 9.31 Å². The van der Waals surface area contributed by atoms with Crippen molar-refractivity contribution in [1.82, 2.24) is 0 Å². The van der Waals surface area contributed by atoms with Crippen molar-refractivity contribution in [2.24, 2.45) is 0 Å². The van der Waals surface area contributed by atoms with Gasteiger partial charge in [-0.1, -0.05) is 12.1 Å². The van der Waals surface area contributed by atoms with Crippen LogP contribution in [0.25, 0.3) is 6.08 Å². The number of aryl methyl sites for hydroxylation is 1. The second-order valence-corrected chi connectivity index (χ2v) is 7.10. The van der Waals surface area contributed by atoms with Crippen molar-refractivity contribution in [3.8, 4) is 0 Å². The summed E-state index contributed by atoms with van der Waals surface area (Å²) in [6.45, 7) is 8.71. The van der Waals surface area contributed by atoms with E-state index in [1.807, 2.05) is 27.7 Å². The highest BCUT2D eigenvalue weighted by atomic mass is 19.4. The van der Waals surface area contributed by atoms with E-state index in [9.17, 15) is 18.3 Å². The monoisotopic (exact) mass is 342 g/mol. The van der Waals surface area contributed by atoms with Gasteiger partial charge in [-0.2, -0.15) is 13.2 Å². The third-order valence-electron chi connectivity index (χ3n) is 4.52. The van der Waals surface area contributed by atoms with Crippen LogP contribution in [0.3, 0.4) is 0 Å². The molecule has 0 amide bonds. The summed E-state index contributed by atoms with van der Waals surface area (Å²) in [5.74, 6) is 0. The van der Waals surface area contributed by atoms with Gasteiger partial charge in [0.15, 0.2) is 0 Å². The smallest absolute Gasteiger partial charge is 0.400 e. The molecule has 1 N–H and O–H groups in total. The number of aliphatic hydroxyl groups excluding tert-OH is 1. The zero-order valence-electron chi connectivity index (χ0n) is 14.5. The second kappa shape index (κ2) is 6.21. The van der Waals surface area contributed by atoms with Crippen molar-refractivity contribution < 1.29 is 27.6 Å². The second-order valence-electron chi connectivity index (χ2n) is 7.10. The predicted octanol–water partition coefficient (Wildman–Crippen LogP) is 4.02. The molecule has 0 saturated carbocycles. The Hall–Kier alpha value is -1.31. The Balaban J connectivity index is 2.37. The van der Waals surface area contributed by atoms with Gasteiger partial charge in [0.1, 0.15) is 0 Å². The third kappa shape index (κ3) is 3.84. The van der Waals surface area contributed by atoms with Gasteiger partial charge < -0.3 is 14.4 Å². The molecule has 132 valence electrons. The number of hydrogen-bond donors (Lipinski definition) is 1. The topological polar surface area (TPSA) is 38.7 Å². The molecule has 2 rings (SSSR count). The lowest BCUT2D eigenvalue weighted by Crippen LogP contribution is -2.41. The number of benzene rings is 1. The lowest BCUT2D eigenvalue weighted by atomic mass is 9.77. The maximum atomic E-state index is 13.0. The van der Waals surface area contributed by atoms with Gasteiger partial charge in [0.05, 0.1) is 23.4 Å². The molecule has 0 bridgehead atoms. The molecule has 0 unspecified atom stereocenters. The number of aliphatic hydroxyl groups is 1. The molecule has 24 heavy (non-hydrogen) atoms. The molecule has 0 aromatic heterocycles. The molecule has 0 spiro atoms. The molecule has 1 heterocycles. The van der Waals surface area contributed by atoms with Crippen LogP contribution >= 0.6 is 0 Å². The van der Waals surface area contributed by atoms with Crippen molar-refractivity contribution in [2.45, 2.75) is 52.0 Å². The Morgan fingerprint density at radius 2 is 1.67 bits per heavy atom. The number of hydrogen-bond acceptors (Lipinski definition) is 3. The van der Waals surface area contributed by atoms with E-state index in [2.05, 4.69) is 0 Å². The first kappa shape index (κ1) is 19.0. The van der Waals surface area contributed by atoms with Gasteiger partial charge >= 0.3 is 13.3 Å². The first-order valence-corrected chi connectivity index (χ1v) is 7.71. The minimum atomic E-state index is -4.42. The molecule has 0 atom stereocenters. The number of rotatable bonds is 3. The molecule has 1 fully saturated rings. The highest BCUT2D eigenvalue weighted by molar-refractivity contribution is 6.55. The van der Waals surface area contributed by atoms with Gasteiger partial charge in [0.25, 0.3) is 0 Å². The minimum Gasteiger partial charge on any atom is -0.400 e. The zero-order chi connectivity index (χ0) is 18.3. The molecule has 7 heteroatoms. The molecule has 0 aliphatic carbocycles. The maximum absolute atomic E-state index is 13.0. The molecule has 1 aromatic carbocycles. The minimum absolute atomic E-state index is 0.348. The van der Waals surface area contributed by atoms with E-state index in [0.717, 1.165) is 12.1 Å². The first-order valence-electron chi connectivity index (χ1n) is 7.71. The van der Waals surface area contributed by atoms with Crippen LogP contribution in [-0.4, -0.2) is 30.0 Å². The summed E-state index contributed by atoms with van der Waals surface area (Å²) >= 11 is 0. The summed E-state index contributed by atoms with van der Waals surface area (Å²) in [6, 6.07) is 3.76. The maximum Gasteiger partial charge on any atom is 0.492 e. The summed E-state index contributed by atoms with van der Waals surface area (Å²) in [6.07, 6.45) is -2.93. The summed E-state index contributed by atoms with van der Waals surface area (Å²) in [5, 5.41) is 9.64. The van der Waals surface area contributed by atoms with Gasteiger partial charge in [-0.05, 0) is 63.4 Å². The molecular weight excluding hydrogens is 320 g/mol. The molecule has 3 nitrogen and oxygen atoms in total. The third-order valence-corrected chi connectivity index (χ3v) is 4.52. The fraction of sp³-hybridized carbons (Fsp3) is 0.529. The van der Waals surface area contributed by atoms with E-state index >= 15 is 0 Å². The van der Waals surface area contributed by atoms with Crippen LogP contribution in [0.15, 0.2) is 23.7 Å². The average molecular weight is 342 g/mol. The highest BCUT2D eigenvalue weighted by Gasteiger charge is 2.52. The van der Waals surface area contributed by atoms with Crippen molar-refractivity contribution in [1.29, 1.82) is 0 Å². The fourth-order valence-electron chi connectivity index (χ4n) is 2.46. The fourth-order valence-corrected chi connectivity index (χ4v) is 2.46. The molecule has 1 aromatic rings. The quantitative estimate of drug-likeness (QED) is 0.844. The van der Waals surface area contributed by atoms with E-state index in [0.29, 0.717) is 16.6 Å². The van der Waals surface area contributed by atoms with E-state index in [-0.39, 0.29) is 6.61 Å². The molecule has 1 saturated heterocycles. The largest absolute Gasteiger partial charge is 0.492 e. The Bertz CT molecular complexity index is 635. The van der Waals surface area contributed by atoms with Crippen molar-refractivity contribution in [3.05, 3.63) is 40.4 Å². The van der Waals surface area contributed by atoms with Crippen LogP contribution in [0.4, 0.5) is 13.2 Å². The van der Waals surface area contributed by atoms with Crippen LogP contribution in [0.1, 0.15) is 44.4 Å². The number of halogens is 3. The van der Waals surface area contributed by atoms with Gasteiger partial charge in [-0.25, -0.2) is 0 Å². The van der Waals surface area contributed by atoms with Crippen molar-refractivity contribution >= 4 is 13.2 Å². The lowest BCUT2D eigenvalue weighted by molar-refractivity contribution is -0.137. The Morgan fingerprint density at radius 3 is 2.12 bits per heavy atom. The van der Waals surface area contributed by atoms with Crippen LogP contribution in [-0.2, 0) is 15.5 Å². The molecular formula is C17H22BF3O3. The van der Waals surface area contributed by atoms with Crippen molar-refractivity contribution in [2.75, 3.05) is 6.61 Å². The zero-order valence-corrected chi connectivity index (χ0v) is 14.5. The Kier molecular flexibility index (Phi) is 4.92. The Morgan fingerprint density at radius 1 is 1.12 bits per heavy atom. The van der Waals surface area contributed by atoms with E-state index in [1.54, 1.807) is 13.0 Å². The SMILES string of the molecule is Cc1cc(C=C(CO)B2OC(C)(C)C(C)(C)O2)cc(C(F)(F)F)c1. The highest BCUT2D eigenvalue weighted by Crippen LogP contribution is 2.39. The van der Waals surface area contributed by atoms with Crippen LogP contribution in [0.5, 0.6) is 0 Å². The van der Waals surface area contributed by atoms with Gasteiger partial charge in [-0.15, -0.1) is 0 Å². The Labute approximate surface area is 140 Å². The standard InChI is InChI=1S/C17H22BF3O3/c1-11-6-12(8-13(7-11)17(19,20)21)9-14(10-22)18-23-15(2,3)16(4,5)24-18/h6-9,22H,10H2,1-5H3. The lowest BCUT2D eigenvalue weighted by Gasteiger charge is -2.32. The van der Waals surface area contributed by atoms with E-state index < -0.39 is 30.1 Å². The molecule has 1 aliphatic rings. The summed E-state index contributed by atoms with van der Waals surface area (Å²) in [7, 11) is -0.796. The van der Waals surface area contributed by atoms with Gasteiger partial charge in [-0.3, -0.25) is 0 Å².